The van der Waals surface area contributed by atoms with Crippen LogP contribution in [0.2, 0.25) is 0 Å². The van der Waals surface area contributed by atoms with Crippen molar-refractivity contribution in [3.63, 3.8) is 0 Å². The van der Waals surface area contributed by atoms with E-state index in [1.807, 2.05) is 0 Å². The minimum atomic E-state index is -4.88. The highest BCUT2D eigenvalue weighted by atomic mass is 19.4. The van der Waals surface area contributed by atoms with Crippen LogP contribution in [0.25, 0.3) is 0 Å². The first kappa shape index (κ1) is 15.8. The highest BCUT2D eigenvalue weighted by molar-refractivity contribution is 6.09. The monoisotopic (exact) mass is 291 g/mol. The van der Waals surface area contributed by atoms with Crippen molar-refractivity contribution in [1.82, 2.24) is 0 Å². The zero-order valence-corrected chi connectivity index (χ0v) is 10.5. The minimum absolute atomic E-state index is 0.120. The molecule has 5 nitrogen and oxygen atoms in total. The van der Waals surface area contributed by atoms with E-state index in [4.69, 9.17) is 5.41 Å². The fourth-order valence-corrected chi connectivity index (χ4v) is 1.41. The van der Waals surface area contributed by atoms with E-state index in [-0.39, 0.29) is 17.9 Å². The summed E-state index contributed by atoms with van der Waals surface area (Å²) in [5, 5.41) is 17.1. The van der Waals surface area contributed by atoms with E-state index >= 15 is 0 Å². The number of aromatic hydroxyl groups is 1. The zero-order valence-electron chi connectivity index (χ0n) is 10.5. The Bertz CT molecular complexity index is 514. The SMILES string of the molecule is CCOC(=O)CC(=N)c1cc(OC(F)(F)F)ccc1O. The van der Waals surface area contributed by atoms with Gasteiger partial charge in [-0.15, -0.1) is 13.2 Å². The molecule has 0 aliphatic heterocycles. The van der Waals surface area contributed by atoms with Gasteiger partial charge < -0.3 is 20.0 Å². The first-order chi connectivity index (χ1) is 9.23. The van der Waals surface area contributed by atoms with Crippen LogP contribution in [0.3, 0.4) is 0 Å². The molecular weight excluding hydrogens is 279 g/mol. The summed E-state index contributed by atoms with van der Waals surface area (Å²) in [7, 11) is 0. The van der Waals surface area contributed by atoms with Gasteiger partial charge in [-0.25, -0.2) is 0 Å². The second kappa shape index (κ2) is 6.27. The summed E-state index contributed by atoms with van der Waals surface area (Å²) in [4.78, 5) is 11.2. The predicted octanol–water partition coefficient (Wildman–Crippen LogP) is 2.61. The highest BCUT2D eigenvalue weighted by Crippen LogP contribution is 2.28. The molecule has 1 rings (SSSR count). The molecule has 0 aliphatic rings. The first-order valence-corrected chi connectivity index (χ1v) is 5.55. The maximum atomic E-state index is 12.1. The Morgan fingerprint density at radius 2 is 2.05 bits per heavy atom. The molecule has 110 valence electrons. The number of hydrogen-bond acceptors (Lipinski definition) is 5. The van der Waals surface area contributed by atoms with Gasteiger partial charge in [0.25, 0.3) is 0 Å². The molecule has 0 saturated carbocycles. The molecule has 20 heavy (non-hydrogen) atoms. The highest BCUT2D eigenvalue weighted by Gasteiger charge is 2.31. The number of rotatable bonds is 5. The van der Waals surface area contributed by atoms with Gasteiger partial charge in [0.05, 0.1) is 18.7 Å². The summed E-state index contributed by atoms with van der Waals surface area (Å²) in [6, 6.07) is 2.70. The number of phenols is 1. The minimum Gasteiger partial charge on any atom is -0.507 e. The maximum Gasteiger partial charge on any atom is 0.573 e. The van der Waals surface area contributed by atoms with Crippen molar-refractivity contribution in [1.29, 1.82) is 5.41 Å². The number of carbonyl (C=O) groups is 1. The fraction of sp³-hybridized carbons (Fsp3) is 0.333. The van der Waals surface area contributed by atoms with E-state index in [0.717, 1.165) is 18.2 Å². The van der Waals surface area contributed by atoms with Crippen LogP contribution < -0.4 is 4.74 Å². The van der Waals surface area contributed by atoms with E-state index in [1.165, 1.54) is 0 Å². The molecule has 2 N–H and O–H groups in total. The second-order valence-corrected chi connectivity index (χ2v) is 3.69. The normalized spacial score (nSPS) is 11.0. The number of alkyl halides is 3. The summed E-state index contributed by atoms with van der Waals surface area (Å²) in [5.74, 6) is -1.72. The van der Waals surface area contributed by atoms with E-state index in [2.05, 4.69) is 9.47 Å². The van der Waals surface area contributed by atoms with Crippen LogP contribution in [0.4, 0.5) is 13.2 Å². The van der Waals surface area contributed by atoms with Crippen LogP contribution in [0.15, 0.2) is 18.2 Å². The molecule has 1 aromatic carbocycles. The maximum absolute atomic E-state index is 12.1. The van der Waals surface area contributed by atoms with Gasteiger partial charge in [-0.3, -0.25) is 4.79 Å². The topological polar surface area (TPSA) is 79.6 Å². The summed E-state index contributed by atoms with van der Waals surface area (Å²) >= 11 is 0. The Morgan fingerprint density at radius 1 is 1.40 bits per heavy atom. The molecule has 1 aromatic rings. The lowest BCUT2D eigenvalue weighted by Crippen LogP contribution is -2.17. The summed E-state index contributed by atoms with van der Waals surface area (Å²) < 4.78 is 44.5. The second-order valence-electron chi connectivity index (χ2n) is 3.69. The third-order valence-corrected chi connectivity index (χ3v) is 2.15. The lowest BCUT2D eigenvalue weighted by Gasteiger charge is -2.11. The quantitative estimate of drug-likeness (QED) is 0.645. The Morgan fingerprint density at radius 3 is 2.60 bits per heavy atom. The van der Waals surface area contributed by atoms with Gasteiger partial charge >= 0.3 is 12.3 Å². The largest absolute Gasteiger partial charge is 0.573 e. The number of carbonyl (C=O) groups excluding carboxylic acids is 1. The summed E-state index contributed by atoms with van der Waals surface area (Å²) in [6.07, 6.45) is -5.34. The van der Waals surface area contributed by atoms with Crippen LogP contribution >= 0.6 is 0 Å². The van der Waals surface area contributed by atoms with Crippen molar-refractivity contribution in [2.45, 2.75) is 19.7 Å². The molecule has 0 heterocycles. The Hall–Kier alpha value is -2.25. The fourth-order valence-electron chi connectivity index (χ4n) is 1.41. The third-order valence-electron chi connectivity index (χ3n) is 2.15. The number of hydrogen-bond donors (Lipinski definition) is 2. The van der Waals surface area contributed by atoms with Crippen molar-refractivity contribution in [3.05, 3.63) is 23.8 Å². The van der Waals surface area contributed by atoms with Crippen LogP contribution in [0.1, 0.15) is 18.9 Å². The number of ether oxygens (including phenoxy) is 2. The molecule has 0 saturated heterocycles. The number of phenolic OH excluding ortho intramolecular Hbond substituents is 1. The summed E-state index contributed by atoms with van der Waals surface area (Å²) in [6.45, 7) is 1.70. The molecule has 0 unspecified atom stereocenters. The molecule has 8 heteroatoms. The van der Waals surface area contributed by atoms with E-state index < -0.39 is 30.3 Å². The van der Waals surface area contributed by atoms with Gasteiger partial charge in [-0.2, -0.15) is 0 Å². The number of halogens is 3. The number of nitrogens with one attached hydrogen (secondary N) is 1. The average molecular weight is 291 g/mol. The Kier molecular flexibility index (Phi) is 4.95. The van der Waals surface area contributed by atoms with Crippen molar-refractivity contribution in [2.24, 2.45) is 0 Å². The van der Waals surface area contributed by atoms with E-state index in [9.17, 15) is 23.1 Å². The predicted molar refractivity (Wildman–Crippen MR) is 62.9 cm³/mol. The molecule has 0 radical (unpaired) electrons. The van der Waals surface area contributed by atoms with Crippen molar-refractivity contribution < 1.29 is 32.5 Å². The van der Waals surface area contributed by atoms with Gasteiger partial charge in [0.1, 0.15) is 11.5 Å². The van der Waals surface area contributed by atoms with E-state index in [0.29, 0.717) is 0 Å². The average Bonchev–Trinajstić information content (AvgIpc) is 2.30. The zero-order chi connectivity index (χ0) is 15.3. The van der Waals surface area contributed by atoms with Crippen LogP contribution in [-0.4, -0.2) is 29.8 Å². The lowest BCUT2D eigenvalue weighted by atomic mass is 10.1. The lowest BCUT2D eigenvalue weighted by molar-refractivity contribution is -0.274. The molecule has 0 amide bonds. The number of esters is 1. The van der Waals surface area contributed by atoms with E-state index in [1.54, 1.807) is 6.92 Å². The molecule has 0 fully saturated rings. The van der Waals surface area contributed by atoms with Crippen LogP contribution in [-0.2, 0) is 9.53 Å². The molecule has 0 bridgehead atoms. The van der Waals surface area contributed by atoms with Gasteiger partial charge in [0.15, 0.2) is 0 Å². The molecule has 0 aliphatic carbocycles. The first-order valence-electron chi connectivity index (χ1n) is 5.55. The van der Waals surface area contributed by atoms with Crippen molar-refractivity contribution >= 4 is 11.7 Å². The molecular formula is C12H12F3NO4. The van der Waals surface area contributed by atoms with Gasteiger partial charge in [-0.05, 0) is 25.1 Å². The summed E-state index contributed by atoms with van der Waals surface area (Å²) in [5.41, 5.74) is -0.589. The van der Waals surface area contributed by atoms with Crippen LogP contribution in [0, 0.1) is 5.41 Å². The van der Waals surface area contributed by atoms with Gasteiger partial charge in [0, 0.05) is 5.56 Å². The molecule has 0 atom stereocenters. The smallest absolute Gasteiger partial charge is 0.507 e. The molecule has 0 aromatic heterocycles. The van der Waals surface area contributed by atoms with Crippen LogP contribution in [0.5, 0.6) is 11.5 Å². The van der Waals surface area contributed by atoms with Gasteiger partial charge in [0.2, 0.25) is 0 Å². The standard InChI is InChI=1S/C12H12F3NO4/c1-2-19-11(18)6-9(16)8-5-7(3-4-10(8)17)20-12(13,14)15/h3-5,16-17H,2,6H2,1H3. The Labute approximate surface area is 112 Å². The van der Waals surface area contributed by atoms with Gasteiger partial charge in [-0.1, -0.05) is 0 Å². The molecule has 0 spiro atoms. The third kappa shape index (κ3) is 4.79. The van der Waals surface area contributed by atoms with Crippen molar-refractivity contribution in [2.75, 3.05) is 6.61 Å². The van der Waals surface area contributed by atoms with Crippen molar-refractivity contribution in [3.8, 4) is 11.5 Å². The Balaban J connectivity index is 2.91. The number of benzene rings is 1.